The Hall–Kier alpha value is -6.95. The van der Waals surface area contributed by atoms with Crippen LogP contribution in [0.3, 0.4) is 0 Å². The number of nitrogens with zero attached hydrogens (tertiary/aromatic N) is 4. The van der Waals surface area contributed by atoms with E-state index < -0.39 is 0 Å². The summed E-state index contributed by atoms with van der Waals surface area (Å²) in [7, 11) is 0. The highest BCUT2D eigenvalue weighted by Crippen LogP contribution is 2.53. The van der Waals surface area contributed by atoms with Crippen molar-refractivity contribution in [1.82, 2.24) is 14.5 Å². The van der Waals surface area contributed by atoms with Gasteiger partial charge in [-0.1, -0.05) is 152 Å². The second-order valence-electron chi connectivity index (χ2n) is 14.1. The molecule has 0 saturated carbocycles. The van der Waals surface area contributed by atoms with E-state index in [4.69, 9.17) is 9.97 Å². The molecular weight excluding hydrogens is 701 g/mol. The Morgan fingerprint density at radius 3 is 2.20 bits per heavy atom. The molecule has 3 heterocycles. The molecule has 0 aliphatic carbocycles. The van der Waals surface area contributed by atoms with Gasteiger partial charge in [0.2, 0.25) is 0 Å². The summed E-state index contributed by atoms with van der Waals surface area (Å²) < 4.78 is 2.34. The van der Waals surface area contributed by atoms with Crippen molar-refractivity contribution in [3.05, 3.63) is 200 Å². The lowest BCUT2D eigenvalue weighted by molar-refractivity contribution is 1.02. The van der Waals surface area contributed by atoms with Gasteiger partial charge in [-0.15, -0.1) is 0 Å². The number of para-hydroxylation sites is 3. The first kappa shape index (κ1) is 33.6. The summed E-state index contributed by atoms with van der Waals surface area (Å²) in [4.78, 5) is 15.3. The van der Waals surface area contributed by atoms with Crippen LogP contribution in [0.25, 0.3) is 66.4 Å². The topological polar surface area (TPSA) is 34.0 Å². The van der Waals surface area contributed by atoms with Gasteiger partial charge in [0.1, 0.15) is 5.82 Å². The maximum absolute atomic E-state index is 5.35. The van der Waals surface area contributed by atoms with Gasteiger partial charge in [-0.25, -0.2) is 9.97 Å². The highest BCUT2D eigenvalue weighted by atomic mass is 32.2. The molecule has 0 atom stereocenters. The molecule has 0 amide bonds. The van der Waals surface area contributed by atoms with Gasteiger partial charge in [-0.3, -0.25) is 4.57 Å². The molecule has 0 fully saturated rings. The van der Waals surface area contributed by atoms with E-state index in [1.807, 2.05) is 49.0 Å². The fourth-order valence-corrected chi connectivity index (χ4v) is 9.04. The molecule has 0 spiro atoms. The summed E-state index contributed by atoms with van der Waals surface area (Å²) in [5.41, 5.74) is 11.4. The summed E-state index contributed by atoms with van der Waals surface area (Å²) in [5.74, 6) is 1.37. The normalized spacial score (nSPS) is 12.5. The van der Waals surface area contributed by atoms with Crippen molar-refractivity contribution < 1.29 is 0 Å². The van der Waals surface area contributed by atoms with Gasteiger partial charge in [0.25, 0.3) is 0 Å². The number of anilines is 3. The van der Waals surface area contributed by atoms with E-state index >= 15 is 0 Å². The van der Waals surface area contributed by atoms with Gasteiger partial charge in [0.15, 0.2) is 5.82 Å². The minimum atomic E-state index is 0.593. The lowest BCUT2D eigenvalue weighted by atomic mass is 9.99. The monoisotopic (exact) mass is 736 g/mol. The number of fused-ring (bicyclic) bond motifs is 7. The molecule has 4 nitrogen and oxygen atoms in total. The first-order chi connectivity index (χ1) is 27.6. The molecule has 266 valence electrons. The van der Waals surface area contributed by atoms with E-state index in [1.165, 1.54) is 31.6 Å². The van der Waals surface area contributed by atoms with Gasteiger partial charge in [-0.05, 0) is 71.8 Å². The molecule has 1 aliphatic heterocycles. The van der Waals surface area contributed by atoms with Crippen LogP contribution in [0, 0.1) is 0 Å². The second kappa shape index (κ2) is 13.7. The summed E-state index contributed by atoms with van der Waals surface area (Å²) in [6, 6.07) is 58.4. The van der Waals surface area contributed by atoms with Gasteiger partial charge in [0, 0.05) is 49.0 Å². The minimum Gasteiger partial charge on any atom is -0.308 e. The Labute approximate surface area is 330 Å². The van der Waals surface area contributed by atoms with Crippen LogP contribution in [-0.2, 0) is 0 Å². The van der Waals surface area contributed by atoms with Gasteiger partial charge >= 0.3 is 0 Å². The number of allylic oxidation sites excluding steroid dienone is 4. The largest absolute Gasteiger partial charge is 0.308 e. The van der Waals surface area contributed by atoms with E-state index in [1.54, 1.807) is 0 Å². The quantitative estimate of drug-likeness (QED) is 0.153. The van der Waals surface area contributed by atoms with Gasteiger partial charge in [0.05, 0.1) is 28.1 Å². The Morgan fingerprint density at radius 2 is 1.38 bits per heavy atom. The molecule has 10 rings (SSSR count). The minimum absolute atomic E-state index is 0.593. The van der Waals surface area contributed by atoms with Crippen LogP contribution in [0.5, 0.6) is 0 Å². The summed E-state index contributed by atoms with van der Waals surface area (Å²) in [5, 5.41) is 4.75. The van der Waals surface area contributed by atoms with Crippen molar-refractivity contribution >= 4 is 67.0 Å². The number of aromatic nitrogens is 3. The second-order valence-corrected chi connectivity index (χ2v) is 15.2. The molecule has 0 saturated heterocycles. The third-order valence-corrected chi connectivity index (χ3v) is 11.5. The maximum Gasteiger partial charge on any atom is 0.162 e. The average Bonchev–Trinajstić information content (AvgIpc) is 3.60. The Bertz CT molecular complexity index is 3050. The van der Waals surface area contributed by atoms with Crippen LogP contribution in [0.4, 0.5) is 17.1 Å². The van der Waals surface area contributed by atoms with Crippen molar-refractivity contribution in [1.29, 1.82) is 0 Å². The van der Waals surface area contributed by atoms with Crippen LogP contribution in [0.15, 0.2) is 204 Å². The smallest absolute Gasteiger partial charge is 0.162 e. The van der Waals surface area contributed by atoms with Crippen molar-refractivity contribution in [2.75, 3.05) is 4.90 Å². The van der Waals surface area contributed by atoms with Gasteiger partial charge in [-0.2, -0.15) is 0 Å². The Morgan fingerprint density at radius 1 is 0.643 bits per heavy atom. The molecule has 9 aromatic rings. The zero-order chi connectivity index (χ0) is 37.8. The lowest BCUT2D eigenvalue weighted by Gasteiger charge is -2.33. The van der Waals surface area contributed by atoms with Gasteiger partial charge < -0.3 is 4.90 Å². The molecule has 0 bridgehead atoms. The zero-order valence-electron chi connectivity index (χ0n) is 30.9. The van der Waals surface area contributed by atoms with E-state index in [-0.39, 0.29) is 0 Å². The third kappa shape index (κ3) is 5.64. The fourth-order valence-electron chi connectivity index (χ4n) is 8.00. The summed E-state index contributed by atoms with van der Waals surface area (Å²) in [6.45, 7) is 10.3. The van der Waals surface area contributed by atoms with Crippen molar-refractivity contribution in [2.24, 2.45) is 0 Å². The van der Waals surface area contributed by atoms with E-state index in [9.17, 15) is 0 Å². The highest BCUT2D eigenvalue weighted by molar-refractivity contribution is 7.99. The molecule has 1 aliphatic rings. The standard InChI is InChI=1S/C51H36N4S/c1-4-34(30-33(2)3)51-52-42(36-17-7-5-8-18-36)32-48(53-51)55-44-28-26-35-16-11-12-21-39(35)49(44)41-23-15-22-40(50(41)55)37-27-29-47-45(31-37)54(38-19-9-6-10-20-38)43-24-13-14-25-46(43)56-47/h4-32H,1-2H2,3H3/b34-30+. The van der Waals surface area contributed by atoms with Crippen molar-refractivity contribution in [3.63, 3.8) is 0 Å². The molecule has 0 unspecified atom stereocenters. The number of benzene rings is 7. The molecule has 2 aromatic heterocycles. The molecule has 0 N–H and O–H groups in total. The van der Waals surface area contributed by atoms with Crippen molar-refractivity contribution in [3.8, 4) is 28.2 Å². The first-order valence-electron chi connectivity index (χ1n) is 18.7. The predicted molar refractivity (Wildman–Crippen MR) is 237 cm³/mol. The van der Waals surface area contributed by atoms with Crippen LogP contribution in [-0.4, -0.2) is 14.5 Å². The number of hydrogen-bond donors (Lipinski definition) is 0. The number of hydrogen-bond acceptors (Lipinski definition) is 4. The molecule has 5 heteroatoms. The van der Waals surface area contributed by atoms with Crippen LogP contribution in [0.1, 0.15) is 12.7 Å². The summed E-state index contributed by atoms with van der Waals surface area (Å²) >= 11 is 1.82. The van der Waals surface area contributed by atoms with Crippen LogP contribution >= 0.6 is 11.8 Å². The first-order valence-corrected chi connectivity index (χ1v) is 19.5. The lowest BCUT2D eigenvalue weighted by Crippen LogP contribution is -2.14. The Balaban J connectivity index is 1.29. The van der Waals surface area contributed by atoms with E-state index in [0.29, 0.717) is 5.82 Å². The van der Waals surface area contributed by atoms with Crippen molar-refractivity contribution in [2.45, 2.75) is 16.7 Å². The Kier molecular flexibility index (Phi) is 8.23. The average molecular weight is 737 g/mol. The summed E-state index contributed by atoms with van der Waals surface area (Å²) in [6.07, 6.45) is 3.81. The SMILES string of the molecule is C=C/C(=C\C(=C)C)c1nc(-c2ccccc2)cc(-n2c3ccc4ccccc4c3c3cccc(-c4ccc5c(c4)N(c4ccccc4)c4ccccc4S5)c32)n1. The highest BCUT2D eigenvalue weighted by Gasteiger charge is 2.26. The maximum atomic E-state index is 5.35. The fraction of sp³-hybridized carbons (Fsp3) is 0.0196. The molecule has 56 heavy (non-hydrogen) atoms. The van der Waals surface area contributed by atoms with E-state index in [2.05, 4.69) is 168 Å². The zero-order valence-corrected chi connectivity index (χ0v) is 31.7. The third-order valence-electron chi connectivity index (χ3n) is 10.4. The van der Waals surface area contributed by atoms with Crippen LogP contribution in [0.2, 0.25) is 0 Å². The molecule has 7 aromatic carbocycles. The molecular formula is C51H36N4S. The molecule has 0 radical (unpaired) electrons. The number of rotatable bonds is 7. The van der Waals surface area contributed by atoms with E-state index in [0.717, 1.165) is 67.1 Å². The van der Waals surface area contributed by atoms with Crippen LogP contribution < -0.4 is 4.90 Å². The predicted octanol–water partition coefficient (Wildman–Crippen LogP) is 14.1.